The second-order valence-corrected chi connectivity index (χ2v) is 5.88. The highest BCUT2D eigenvalue weighted by Gasteiger charge is 2.15. The van der Waals surface area contributed by atoms with Crippen molar-refractivity contribution in [3.63, 3.8) is 0 Å². The maximum Gasteiger partial charge on any atom is 0.257 e. The summed E-state index contributed by atoms with van der Waals surface area (Å²) in [6, 6.07) is 13.6. The van der Waals surface area contributed by atoms with Crippen molar-refractivity contribution in [2.24, 2.45) is 0 Å². The normalized spacial score (nSPS) is 10.3. The SMILES string of the molecule is O=C(NCc1ccccn1)c1cccnc1Oc1ccc(Cl)cc1Cl. The fraction of sp³-hybridized carbons (Fsp3) is 0.0556. The van der Waals surface area contributed by atoms with E-state index in [9.17, 15) is 4.79 Å². The Balaban J connectivity index is 1.77. The van der Waals surface area contributed by atoms with Gasteiger partial charge in [-0.05, 0) is 42.5 Å². The Kier molecular flexibility index (Phi) is 5.48. The average Bonchev–Trinajstić information content (AvgIpc) is 2.63. The molecule has 1 N–H and O–H groups in total. The molecule has 3 aromatic rings. The van der Waals surface area contributed by atoms with Crippen molar-refractivity contribution in [1.29, 1.82) is 0 Å². The van der Waals surface area contributed by atoms with Crippen molar-refractivity contribution in [3.05, 3.63) is 82.2 Å². The number of halogens is 2. The van der Waals surface area contributed by atoms with E-state index < -0.39 is 0 Å². The third kappa shape index (κ3) is 4.47. The molecule has 1 amide bonds. The summed E-state index contributed by atoms with van der Waals surface area (Å²) in [5.74, 6) is 0.202. The zero-order chi connectivity index (χ0) is 17.6. The van der Waals surface area contributed by atoms with E-state index in [4.69, 9.17) is 27.9 Å². The molecule has 0 saturated carbocycles. The Morgan fingerprint density at radius 1 is 1.04 bits per heavy atom. The van der Waals surface area contributed by atoms with E-state index in [1.807, 2.05) is 18.2 Å². The van der Waals surface area contributed by atoms with E-state index in [1.54, 1.807) is 36.5 Å². The monoisotopic (exact) mass is 373 g/mol. The standard InChI is InChI=1S/C18H13Cl2N3O2/c19-12-6-7-16(15(20)10-12)25-18-14(5-3-9-22-18)17(24)23-11-13-4-1-2-8-21-13/h1-10H,11H2,(H,23,24). The topological polar surface area (TPSA) is 64.1 Å². The number of benzene rings is 1. The van der Waals surface area contributed by atoms with E-state index in [0.717, 1.165) is 5.69 Å². The summed E-state index contributed by atoms with van der Waals surface area (Å²) in [5, 5.41) is 3.61. The van der Waals surface area contributed by atoms with Crippen LogP contribution in [0, 0.1) is 0 Å². The lowest BCUT2D eigenvalue weighted by Gasteiger charge is -2.11. The number of hydrogen-bond donors (Lipinski definition) is 1. The summed E-state index contributed by atoms with van der Waals surface area (Å²) < 4.78 is 5.69. The number of nitrogens with zero attached hydrogens (tertiary/aromatic N) is 2. The molecule has 0 fully saturated rings. The Morgan fingerprint density at radius 3 is 2.64 bits per heavy atom. The molecule has 0 bridgehead atoms. The molecule has 126 valence electrons. The molecule has 0 aliphatic rings. The van der Waals surface area contributed by atoms with Gasteiger partial charge < -0.3 is 10.1 Å². The zero-order valence-electron chi connectivity index (χ0n) is 12.9. The maximum atomic E-state index is 12.5. The van der Waals surface area contributed by atoms with Gasteiger partial charge in [-0.15, -0.1) is 0 Å². The number of rotatable bonds is 5. The number of carbonyl (C=O) groups excluding carboxylic acids is 1. The van der Waals surface area contributed by atoms with Gasteiger partial charge in [-0.1, -0.05) is 29.3 Å². The van der Waals surface area contributed by atoms with Crippen LogP contribution in [0.4, 0.5) is 0 Å². The highest BCUT2D eigenvalue weighted by molar-refractivity contribution is 6.35. The quantitative estimate of drug-likeness (QED) is 0.714. The molecular weight excluding hydrogens is 361 g/mol. The first kappa shape index (κ1) is 17.2. The Bertz CT molecular complexity index is 888. The second-order valence-electron chi connectivity index (χ2n) is 5.04. The van der Waals surface area contributed by atoms with Gasteiger partial charge in [0.2, 0.25) is 5.88 Å². The van der Waals surface area contributed by atoms with Crippen molar-refractivity contribution in [3.8, 4) is 11.6 Å². The molecule has 0 aliphatic carbocycles. The van der Waals surface area contributed by atoms with E-state index >= 15 is 0 Å². The van der Waals surface area contributed by atoms with Gasteiger partial charge in [0.1, 0.15) is 11.3 Å². The third-order valence-electron chi connectivity index (χ3n) is 3.27. The van der Waals surface area contributed by atoms with Crippen LogP contribution in [0.25, 0.3) is 0 Å². The van der Waals surface area contributed by atoms with Gasteiger partial charge in [-0.3, -0.25) is 9.78 Å². The van der Waals surface area contributed by atoms with E-state index in [2.05, 4.69) is 15.3 Å². The lowest BCUT2D eigenvalue weighted by atomic mass is 10.2. The van der Waals surface area contributed by atoms with Crippen LogP contribution in [0.3, 0.4) is 0 Å². The van der Waals surface area contributed by atoms with Crippen LogP contribution in [0.15, 0.2) is 60.9 Å². The van der Waals surface area contributed by atoms with Crippen LogP contribution in [0.2, 0.25) is 10.0 Å². The van der Waals surface area contributed by atoms with Gasteiger partial charge in [0.05, 0.1) is 17.3 Å². The number of hydrogen-bond acceptors (Lipinski definition) is 4. The van der Waals surface area contributed by atoms with Crippen molar-refractivity contribution < 1.29 is 9.53 Å². The minimum Gasteiger partial charge on any atom is -0.437 e. The Labute approximate surface area is 154 Å². The molecule has 0 radical (unpaired) electrons. The van der Waals surface area contributed by atoms with E-state index in [1.165, 1.54) is 6.20 Å². The van der Waals surface area contributed by atoms with Gasteiger partial charge in [0, 0.05) is 17.4 Å². The van der Waals surface area contributed by atoms with Crippen molar-refractivity contribution in [2.75, 3.05) is 0 Å². The highest BCUT2D eigenvalue weighted by Crippen LogP contribution is 2.32. The fourth-order valence-corrected chi connectivity index (χ4v) is 2.52. The fourth-order valence-electron chi connectivity index (χ4n) is 2.08. The van der Waals surface area contributed by atoms with Crippen molar-refractivity contribution in [2.45, 2.75) is 6.54 Å². The largest absolute Gasteiger partial charge is 0.437 e. The Morgan fingerprint density at radius 2 is 1.88 bits per heavy atom. The number of amides is 1. The van der Waals surface area contributed by atoms with Crippen LogP contribution in [0.5, 0.6) is 11.6 Å². The first-order valence-corrected chi connectivity index (χ1v) is 8.15. The molecule has 0 atom stereocenters. The second kappa shape index (κ2) is 7.96. The number of carbonyl (C=O) groups is 1. The molecule has 5 nitrogen and oxygen atoms in total. The van der Waals surface area contributed by atoms with Crippen LogP contribution in [0.1, 0.15) is 16.1 Å². The van der Waals surface area contributed by atoms with Gasteiger partial charge in [0.15, 0.2) is 0 Å². The van der Waals surface area contributed by atoms with Crippen LogP contribution in [-0.4, -0.2) is 15.9 Å². The summed E-state index contributed by atoms with van der Waals surface area (Å²) >= 11 is 12.0. The first-order valence-electron chi connectivity index (χ1n) is 7.39. The average molecular weight is 374 g/mol. The number of pyridine rings is 2. The maximum absolute atomic E-state index is 12.5. The summed E-state index contributed by atoms with van der Waals surface area (Å²) in [6.45, 7) is 0.301. The van der Waals surface area contributed by atoms with Gasteiger partial charge in [-0.2, -0.15) is 0 Å². The molecule has 3 rings (SSSR count). The first-order chi connectivity index (χ1) is 12.1. The molecule has 0 spiro atoms. The van der Waals surface area contributed by atoms with Crippen LogP contribution in [-0.2, 0) is 6.54 Å². The molecule has 7 heteroatoms. The molecular formula is C18H13Cl2N3O2. The molecule has 25 heavy (non-hydrogen) atoms. The number of nitrogens with one attached hydrogen (secondary N) is 1. The van der Waals surface area contributed by atoms with Gasteiger partial charge >= 0.3 is 0 Å². The number of aromatic nitrogens is 2. The van der Waals surface area contributed by atoms with E-state index in [-0.39, 0.29) is 11.8 Å². The summed E-state index contributed by atoms with van der Waals surface area (Å²) in [6.07, 6.45) is 3.21. The van der Waals surface area contributed by atoms with Crippen molar-refractivity contribution in [1.82, 2.24) is 15.3 Å². The summed E-state index contributed by atoms with van der Waals surface area (Å²) in [7, 11) is 0. The number of ether oxygens (including phenoxy) is 1. The predicted molar refractivity (Wildman–Crippen MR) is 96.2 cm³/mol. The molecule has 1 aromatic carbocycles. The minimum atomic E-state index is -0.321. The van der Waals surface area contributed by atoms with Gasteiger partial charge in [-0.25, -0.2) is 4.98 Å². The molecule has 0 aliphatic heterocycles. The Hall–Kier alpha value is -2.63. The minimum absolute atomic E-state index is 0.158. The summed E-state index contributed by atoms with van der Waals surface area (Å²) in [4.78, 5) is 20.7. The van der Waals surface area contributed by atoms with Crippen LogP contribution >= 0.6 is 23.2 Å². The summed E-state index contributed by atoms with van der Waals surface area (Å²) in [5.41, 5.74) is 1.05. The predicted octanol–water partition coefficient (Wildman–Crippen LogP) is 4.51. The molecule has 0 saturated heterocycles. The molecule has 2 heterocycles. The van der Waals surface area contributed by atoms with Crippen LogP contribution < -0.4 is 10.1 Å². The molecule has 2 aromatic heterocycles. The van der Waals surface area contributed by atoms with Crippen molar-refractivity contribution >= 4 is 29.1 Å². The van der Waals surface area contributed by atoms with E-state index in [0.29, 0.717) is 27.9 Å². The lowest BCUT2D eigenvalue weighted by Crippen LogP contribution is -2.24. The smallest absolute Gasteiger partial charge is 0.257 e. The lowest BCUT2D eigenvalue weighted by molar-refractivity contribution is 0.0947. The van der Waals surface area contributed by atoms with Gasteiger partial charge in [0.25, 0.3) is 5.91 Å². The molecule has 0 unspecified atom stereocenters. The highest BCUT2D eigenvalue weighted by atomic mass is 35.5. The third-order valence-corrected chi connectivity index (χ3v) is 3.80. The zero-order valence-corrected chi connectivity index (χ0v) is 14.5.